The molecule has 0 saturated carbocycles. The third kappa shape index (κ3) is 5.94. The molecule has 1 unspecified atom stereocenters. The van der Waals surface area contributed by atoms with Crippen LogP contribution in [0.1, 0.15) is 61.1 Å². The van der Waals surface area contributed by atoms with Crippen molar-refractivity contribution in [2.75, 3.05) is 26.8 Å². The predicted molar refractivity (Wildman–Crippen MR) is 139 cm³/mol. The van der Waals surface area contributed by atoms with E-state index < -0.39 is 23.2 Å². The third-order valence-electron chi connectivity index (χ3n) is 6.71. The Labute approximate surface area is 222 Å². The summed E-state index contributed by atoms with van der Waals surface area (Å²) in [5, 5.41) is 15.4. The molecule has 3 amide bonds. The Morgan fingerprint density at radius 1 is 1.21 bits per heavy atom. The molecule has 2 aliphatic rings. The van der Waals surface area contributed by atoms with Gasteiger partial charge in [0.1, 0.15) is 16.8 Å². The van der Waals surface area contributed by atoms with E-state index in [1.807, 2.05) is 30.3 Å². The molecule has 1 saturated heterocycles. The van der Waals surface area contributed by atoms with Crippen LogP contribution in [0.3, 0.4) is 0 Å². The second-order valence-corrected chi connectivity index (χ2v) is 10.7. The van der Waals surface area contributed by atoms with Crippen molar-refractivity contribution in [3.05, 3.63) is 53.3 Å². The summed E-state index contributed by atoms with van der Waals surface area (Å²) in [7, 11) is 1.75. The van der Waals surface area contributed by atoms with Gasteiger partial charge in [-0.1, -0.05) is 24.3 Å². The molecule has 1 aromatic heterocycles. The molecule has 0 radical (unpaired) electrons. The van der Waals surface area contributed by atoms with Gasteiger partial charge in [-0.2, -0.15) is 5.26 Å². The highest BCUT2D eigenvalue weighted by molar-refractivity contribution is 5.96. The van der Waals surface area contributed by atoms with Crippen LogP contribution in [-0.2, 0) is 20.8 Å². The van der Waals surface area contributed by atoms with Gasteiger partial charge in [-0.25, -0.2) is 4.79 Å². The molecule has 1 atom stereocenters. The lowest BCUT2D eigenvalue weighted by molar-refractivity contribution is -0.131. The van der Waals surface area contributed by atoms with Crippen LogP contribution in [-0.4, -0.2) is 65.7 Å². The number of nitrogens with one attached hydrogen (secondary N) is 2. The molecule has 1 fully saturated rings. The molecule has 2 aromatic rings. The number of nitrogens with zero attached hydrogens (tertiary/aromatic N) is 3. The number of nitriles is 1. The molecule has 4 rings (SSSR count). The molecule has 0 spiro atoms. The highest BCUT2D eigenvalue weighted by Gasteiger charge is 2.42. The Hall–Kier alpha value is -3.97. The molecular weight excluding hydrogens is 486 g/mol. The number of alkyl carbamates (subject to hydrolysis) is 1. The van der Waals surface area contributed by atoms with Crippen molar-refractivity contribution in [1.29, 1.82) is 5.26 Å². The van der Waals surface area contributed by atoms with Gasteiger partial charge < -0.3 is 25.0 Å². The van der Waals surface area contributed by atoms with Crippen molar-refractivity contribution in [3.63, 3.8) is 0 Å². The fourth-order valence-corrected chi connectivity index (χ4v) is 4.63. The van der Waals surface area contributed by atoms with E-state index in [0.29, 0.717) is 38.3 Å². The minimum atomic E-state index is -1.17. The summed E-state index contributed by atoms with van der Waals surface area (Å²) in [6, 6.07) is 11.7. The van der Waals surface area contributed by atoms with Crippen molar-refractivity contribution in [2.24, 2.45) is 0 Å². The van der Waals surface area contributed by atoms with Crippen LogP contribution in [0.25, 0.3) is 11.1 Å². The molecule has 200 valence electrons. The second-order valence-electron chi connectivity index (χ2n) is 10.7. The van der Waals surface area contributed by atoms with E-state index in [9.17, 15) is 19.6 Å². The number of aromatic nitrogens is 1. The largest absolute Gasteiger partial charge is 0.444 e. The molecule has 1 aromatic carbocycles. The number of fused-ring (bicyclic) bond motifs is 1. The zero-order valence-corrected chi connectivity index (χ0v) is 22.2. The van der Waals surface area contributed by atoms with Crippen LogP contribution < -0.4 is 10.6 Å². The molecule has 3 heterocycles. The molecule has 2 N–H and O–H groups in total. The van der Waals surface area contributed by atoms with Gasteiger partial charge in [0.05, 0.1) is 12.0 Å². The molecule has 0 aliphatic carbocycles. The Morgan fingerprint density at radius 3 is 2.53 bits per heavy atom. The first-order valence-electron chi connectivity index (χ1n) is 12.6. The Kier molecular flexibility index (Phi) is 7.69. The summed E-state index contributed by atoms with van der Waals surface area (Å²) in [5.74, 6) is -1.03. The maximum Gasteiger partial charge on any atom is 0.408 e. The minimum Gasteiger partial charge on any atom is -0.444 e. The Morgan fingerprint density at radius 2 is 1.89 bits per heavy atom. The van der Waals surface area contributed by atoms with E-state index in [1.54, 1.807) is 38.9 Å². The number of benzene rings is 1. The molecule has 2 aliphatic heterocycles. The van der Waals surface area contributed by atoms with Gasteiger partial charge in [0.25, 0.3) is 5.91 Å². The predicted octanol–water partition coefficient (Wildman–Crippen LogP) is 3.13. The number of ether oxygens (including phenoxy) is 2. The minimum absolute atomic E-state index is 0.0790. The van der Waals surface area contributed by atoms with E-state index in [4.69, 9.17) is 9.47 Å². The summed E-state index contributed by atoms with van der Waals surface area (Å²) >= 11 is 0. The van der Waals surface area contributed by atoms with Crippen LogP contribution in [0.4, 0.5) is 4.79 Å². The SMILES string of the molecule is CN1Cc2cc(-c3ccc(C(C#N)CNC(=O)C4(NC(=O)OC(C)(C)C)CCOCC4)cc3)cnc2C1=O. The zero-order chi connectivity index (χ0) is 27.5. The Balaban J connectivity index is 1.43. The van der Waals surface area contributed by atoms with Gasteiger partial charge in [0.15, 0.2) is 0 Å². The zero-order valence-electron chi connectivity index (χ0n) is 22.2. The van der Waals surface area contributed by atoms with Crippen molar-refractivity contribution < 1.29 is 23.9 Å². The number of hydrogen-bond acceptors (Lipinski definition) is 7. The monoisotopic (exact) mass is 519 g/mol. The first kappa shape index (κ1) is 27.1. The molecular formula is C28H33N5O5. The number of rotatable bonds is 6. The normalized spacial score (nSPS) is 17.2. The van der Waals surface area contributed by atoms with Crippen LogP contribution >= 0.6 is 0 Å². The molecule has 0 bridgehead atoms. The average molecular weight is 520 g/mol. The fourth-order valence-electron chi connectivity index (χ4n) is 4.63. The van der Waals surface area contributed by atoms with Crippen molar-refractivity contribution in [3.8, 4) is 17.2 Å². The third-order valence-corrected chi connectivity index (χ3v) is 6.71. The van der Waals surface area contributed by atoms with Gasteiger partial charge in [0, 0.05) is 63.5 Å². The summed E-state index contributed by atoms with van der Waals surface area (Å²) in [4.78, 5) is 43.8. The van der Waals surface area contributed by atoms with Crippen LogP contribution in [0.2, 0.25) is 0 Å². The number of hydrogen-bond donors (Lipinski definition) is 2. The molecule has 10 heteroatoms. The van der Waals surface area contributed by atoms with Crippen LogP contribution in [0.5, 0.6) is 0 Å². The Bertz CT molecular complexity index is 1260. The maximum absolute atomic E-state index is 13.3. The molecule has 38 heavy (non-hydrogen) atoms. The van der Waals surface area contributed by atoms with E-state index in [0.717, 1.165) is 22.3 Å². The second kappa shape index (κ2) is 10.8. The summed E-state index contributed by atoms with van der Waals surface area (Å²) in [5.41, 5.74) is 2.05. The van der Waals surface area contributed by atoms with Gasteiger partial charge in [-0.05, 0) is 38.0 Å². The number of amides is 3. The van der Waals surface area contributed by atoms with Crippen LogP contribution in [0, 0.1) is 11.3 Å². The maximum atomic E-state index is 13.3. The van der Waals surface area contributed by atoms with Gasteiger partial charge >= 0.3 is 6.09 Å². The number of pyridine rings is 1. The standard InChI is InChI=1S/C28H33N5O5/c1-27(2,3)38-26(36)32-28(9-11-37-12-10-28)25(35)31-16-22(14-29)19-7-5-18(6-8-19)20-13-21-17-33(4)24(34)23(21)30-15-20/h5-8,13,15,22H,9-12,16-17H2,1-4H3,(H,31,35)(H,32,36). The van der Waals surface area contributed by atoms with Crippen molar-refractivity contribution in [1.82, 2.24) is 20.5 Å². The van der Waals surface area contributed by atoms with E-state index in [1.165, 1.54) is 0 Å². The number of carbonyl (C=O) groups excluding carboxylic acids is 3. The van der Waals surface area contributed by atoms with Gasteiger partial charge in [-0.15, -0.1) is 0 Å². The van der Waals surface area contributed by atoms with E-state index >= 15 is 0 Å². The lowest BCUT2D eigenvalue weighted by atomic mass is 9.88. The topological polar surface area (TPSA) is 134 Å². The highest BCUT2D eigenvalue weighted by atomic mass is 16.6. The first-order valence-corrected chi connectivity index (χ1v) is 12.6. The summed E-state index contributed by atoms with van der Waals surface area (Å²) in [6.45, 7) is 6.54. The summed E-state index contributed by atoms with van der Waals surface area (Å²) in [6.07, 6.45) is 1.62. The van der Waals surface area contributed by atoms with Crippen LogP contribution in [0.15, 0.2) is 36.5 Å². The smallest absolute Gasteiger partial charge is 0.408 e. The summed E-state index contributed by atoms with van der Waals surface area (Å²) < 4.78 is 10.8. The number of carbonyl (C=O) groups is 3. The fraction of sp³-hybridized carbons (Fsp3) is 0.464. The quantitative estimate of drug-likeness (QED) is 0.599. The lowest BCUT2D eigenvalue weighted by Gasteiger charge is -2.37. The van der Waals surface area contributed by atoms with Gasteiger partial charge in [-0.3, -0.25) is 14.6 Å². The van der Waals surface area contributed by atoms with Crippen molar-refractivity contribution >= 4 is 17.9 Å². The van der Waals surface area contributed by atoms with E-state index in [2.05, 4.69) is 21.7 Å². The lowest BCUT2D eigenvalue weighted by Crippen LogP contribution is -2.62. The highest BCUT2D eigenvalue weighted by Crippen LogP contribution is 2.28. The average Bonchev–Trinajstić information content (AvgIpc) is 3.16. The molecule has 10 nitrogen and oxygen atoms in total. The van der Waals surface area contributed by atoms with Gasteiger partial charge in [0.2, 0.25) is 5.91 Å². The first-order chi connectivity index (χ1) is 18.0. The van der Waals surface area contributed by atoms with Crippen molar-refractivity contribution in [2.45, 2.75) is 57.2 Å². The van der Waals surface area contributed by atoms with E-state index in [-0.39, 0.29) is 18.4 Å².